The van der Waals surface area contributed by atoms with Crippen molar-refractivity contribution in [2.75, 3.05) is 58.4 Å². The highest BCUT2D eigenvalue weighted by Gasteiger charge is 2.22. The third kappa shape index (κ3) is 5.16. The van der Waals surface area contributed by atoms with Gasteiger partial charge in [0.25, 0.3) is 0 Å². The standard InChI is InChI=1S/C22H29N3O3/c1-27-19-7-5-6-18(16-19)10-11-23-17-22(26)25-14-12-24(13-15-25)20-8-3-4-9-21(20)28-2/h3-9,16,23H,10-15,17H2,1-2H3. The van der Waals surface area contributed by atoms with Crippen LogP contribution in [0.2, 0.25) is 0 Å². The lowest BCUT2D eigenvalue weighted by molar-refractivity contribution is -0.130. The van der Waals surface area contributed by atoms with E-state index in [2.05, 4.69) is 22.3 Å². The van der Waals surface area contributed by atoms with Crippen molar-refractivity contribution >= 4 is 11.6 Å². The summed E-state index contributed by atoms with van der Waals surface area (Å²) >= 11 is 0. The predicted octanol–water partition coefficient (Wildman–Crippen LogP) is 2.18. The van der Waals surface area contributed by atoms with Crippen LogP contribution in [0.5, 0.6) is 11.5 Å². The van der Waals surface area contributed by atoms with Crippen LogP contribution in [0.25, 0.3) is 0 Å². The number of ether oxygens (including phenoxy) is 2. The van der Waals surface area contributed by atoms with Gasteiger partial charge in [-0.2, -0.15) is 0 Å². The number of rotatable bonds is 8. The van der Waals surface area contributed by atoms with Crippen molar-refractivity contribution in [3.05, 3.63) is 54.1 Å². The smallest absolute Gasteiger partial charge is 0.236 e. The molecule has 0 radical (unpaired) electrons. The van der Waals surface area contributed by atoms with Gasteiger partial charge in [0.2, 0.25) is 5.91 Å². The molecule has 6 nitrogen and oxygen atoms in total. The Morgan fingerprint density at radius 1 is 1.00 bits per heavy atom. The van der Waals surface area contributed by atoms with Gasteiger partial charge in [-0.15, -0.1) is 0 Å². The number of amides is 1. The quantitative estimate of drug-likeness (QED) is 0.708. The van der Waals surface area contributed by atoms with Crippen molar-refractivity contribution in [2.45, 2.75) is 6.42 Å². The van der Waals surface area contributed by atoms with E-state index in [-0.39, 0.29) is 5.91 Å². The van der Waals surface area contributed by atoms with Crippen LogP contribution in [0, 0.1) is 0 Å². The summed E-state index contributed by atoms with van der Waals surface area (Å²) in [7, 11) is 3.36. The van der Waals surface area contributed by atoms with Crippen LogP contribution in [-0.4, -0.2) is 64.3 Å². The van der Waals surface area contributed by atoms with E-state index in [4.69, 9.17) is 9.47 Å². The number of hydrogen-bond acceptors (Lipinski definition) is 5. The maximum absolute atomic E-state index is 12.5. The van der Waals surface area contributed by atoms with E-state index in [1.165, 1.54) is 5.56 Å². The number of carbonyl (C=O) groups is 1. The summed E-state index contributed by atoms with van der Waals surface area (Å²) in [5.41, 5.74) is 2.29. The van der Waals surface area contributed by atoms with Gasteiger partial charge in [-0.25, -0.2) is 0 Å². The normalized spacial score (nSPS) is 14.1. The highest BCUT2D eigenvalue weighted by atomic mass is 16.5. The number of nitrogens with one attached hydrogen (secondary N) is 1. The summed E-state index contributed by atoms with van der Waals surface area (Å²) < 4.78 is 10.7. The Morgan fingerprint density at radius 2 is 1.79 bits per heavy atom. The van der Waals surface area contributed by atoms with Crippen molar-refractivity contribution in [1.29, 1.82) is 0 Å². The van der Waals surface area contributed by atoms with Gasteiger partial charge >= 0.3 is 0 Å². The second-order valence-corrected chi connectivity index (χ2v) is 6.82. The fourth-order valence-corrected chi connectivity index (χ4v) is 3.46. The highest BCUT2D eigenvalue weighted by Crippen LogP contribution is 2.28. The number of anilines is 1. The van der Waals surface area contributed by atoms with E-state index >= 15 is 0 Å². The summed E-state index contributed by atoms with van der Waals surface area (Å²) in [6.45, 7) is 4.23. The fraction of sp³-hybridized carbons (Fsp3) is 0.409. The molecule has 1 aliphatic heterocycles. The van der Waals surface area contributed by atoms with Crippen molar-refractivity contribution in [3.8, 4) is 11.5 Å². The first kappa shape index (κ1) is 20.0. The summed E-state index contributed by atoms with van der Waals surface area (Å²) in [4.78, 5) is 16.7. The summed E-state index contributed by atoms with van der Waals surface area (Å²) in [6, 6.07) is 16.0. The highest BCUT2D eigenvalue weighted by molar-refractivity contribution is 5.78. The molecule has 0 aromatic heterocycles. The third-order valence-electron chi connectivity index (χ3n) is 5.06. The number of nitrogens with zero attached hydrogens (tertiary/aromatic N) is 2. The van der Waals surface area contributed by atoms with E-state index in [0.29, 0.717) is 6.54 Å². The molecule has 6 heteroatoms. The van der Waals surface area contributed by atoms with Gasteiger partial charge in [-0.3, -0.25) is 4.79 Å². The van der Waals surface area contributed by atoms with Gasteiger partial charge in [-0.1, -0.05) is 24.3 Å². The summed E-state index contributed by atoms with van der Waals surface area (Å²) in [5, 5.41) is 3.26. The molecule has 0 atom stereocenters. The first-order valence-corrected chi connectivity index (χ1v) is 9.70. The molecule has 2 aromatic carbocycles. The second kappa shape index (κ2) is 9.99. The Kier molecular flexibility index (Phi) is 7.14. The van der Waals surface area contributed by atoms with Crippen LogP contribution in [0.3, 0.4) is 0 Å². The largest absolute Gasteiger partial charge is 0.497 e. The molecule has 0 bridgehead atoms. The molecule has 0 unspecified atom stereocenters. The maximum atomic E-state index is 12.5. The maximum Gasteiger partial charge on any atom is 0.236 e. The number of benzene rings is 2. The molecule has 1 heterocycles. The zero-order valence-electron chi connectivity index (χ0n) is 16.7. The van der Waals surface area contributed by atoms with E-state index in [1.807, 2.05) is 41.3 Å². The Hall–Kier alpha value is -2.73. The second-order valence-electron chi connectivity index (χ2n) is 6.82. The summed E-state index contributed by atoms with van der Waals surface area (Å²) in [6.07, 6.45) is 0.867. The molecule has 1 amide bonds. The molecular weight excluding hydrogens is 354 g/mol. The van der Waals surface area contributed by atoms with Gasteiger partial charge in [0.05, 0.1) is 26.5 Å². The number of para-hydroxylation sites is 2. The first-order chi connectivity index (χ1) is 13.7. The van der Waals surface area contributed by atoms with E-state index < -0.39 is 0 Å². The lowest BCUT2D eigenvalue weighted by Crippen LogP contribution is -2.51. The lowest BCUT2D eigenvalue weighted by atomic mass is 10.1. The minimum atomic E-state index is 0.158. The minimum absolute atomic E-state index is 0.158. The van der Waals surface area contributed by atoms with Crippen molar-refractivity contribution in [3.63, 3.8) is 0 Å². The van der Waals surface area contributed by atoms with Crippen molar-refractivity contribution < 1.29 is 14.3 Å². The molecular formula is C22H29N3O3. The first-order valence-electron chi connectivity index (χ1n) is 9.70. The number of hydrogen-bond donors (Lipinski definition) is 1. The third-order valence-corrected chi connectivity index (χ3v) is 5.06. The average Bonchev–Trinajstić information content (AvgIpc) is 2.76. The summed E-state index contributed by atoms with van der Waals surface area (Å²) in [5.74, 6) is 1.90. The van der Waals surface area contributed by atoms with Gasteiger partial charge in [-0.05, 0) is 42.8 Å². The van der Waals surface area contributed by atoms with Gasteiger partial charge < -0.3 is 24.6 Å². The Balaban J connectivity index is 1.40. The monoisotopic (exact) mass is 383 g/mol. The minimum Gasteiger partial charge on any atom is -0.497 e. The van der Waals surface area contributed by atoms with E-state index in [0.717, 1.165) is 56.3 Å². The molecule has 150 valence electrons. The molecule has 1 saturated heterocycles. The van der Waals surface area contributed by atoms with Crippen LogP contribution in [0.4, 0.5) is 5.69 Å². The van der Waals surface area contributed by atoms with Gasteiger partial charge in [0, 0.05) is 26.2 Å². The Labute approximate surface area is 167 Å². The molecule has 2 aromatic rings. The van der Waals surface area contributed by atoms with E-state index in [9.17, 15) is 4.79 Å². The predicted molar refractivity (Wildman–Crippen MR) is 111 cm³/mol. The lowest BCUT2D eigenvalue weighted by Gasteiger charge is -2.36. The average molecular weight is 383 g/mol. The molecule has 3 rings (SSSR count). The zero-order chi connectivity index (χ0) is 19.8. The van der Waals surface area contributed by atoms with Crippen LogP contribution in [0.15, 0.2) is 48.5 Å². The van der Waals surface area contributed by atoms with Crippen LogP contribution < -0.4 is 19.7 Å². The van der Waals surface area contributed by atoms with Crippen LogP contribution in [0.1, 0.15) is 5.56 Å². The van der Waals surface area contributed by atoms with E-state index in [1.54, 1.807) is 14.2 Å². The van der Waals surface area contributed by atoms with Crippen molar-refractivity contribution in [1.82, 2.24) is 10.2 Å². The van der Waals surface area contributed by atoms with Gasteiger partial charge in [0.15, 0.2) is 0 Å². The number of methoxy groups -OCH3 is 2. The van der Waals surface area contributed by atoms with Crippen LogP contribution >= 0.6 is 0 Å². The Morgan fingerprint density at radius 3 is 2.54 bits per heavy atom. The number of piperazine rings is 1. The Bertz CT molecular complexity index is 773. The topological polar surface area (TPSA) is 54.0 Å². The molecule has 1 fully saturated rings. The molecule has 0 saturated carbocycles. The molecule has 0 spiro atoms. The zero-order valence-corrected chi connectivity index (χ0v) is 16.7. The molecule has 1 aliphatic rings. The molecule has 28 heavy (non-hydrogen) atoms. The number of carbonyl (C=O) groups excluding carboxylic acids is 1. The SMILES string of the molecule is COc1cccc(CCNCC(=O)N2CCN(c3ccccc3OC)CC2)c1. The van der Waals surface area contributed by atoms with Gasteiger partial charge in [0.1, 0.15) is 11.5 Å². The molecule has 1 N–H and O–H groups in total. The van der Waals surface area contributed by atoms with Crippen LogP contribution in [-0.2, 0) is 11.2 Å². The molecule has 0 aliphatic carbocycles. The fourth-order valence-electron chi connectivity index (χ4n) is 3.46. The van der Waals surface area contributed by atoms with Crippen molar-refractivity contribution in [2.24, 2.45) is 0 Å².